The predicted octanol–water partition coefficient (Wildman–Crippen LogP) is 4.02. The Bertz CT molecular complexity index is 261. The van der Waals surface area contributed by atoms with Crippen LogP contribution in [0, 0.1) is 0 Å². The number of halogens is 3. The monoisotopic (exact) mass is 266 g/mol. The highest BCUT2D eigenvalue weighted by molar-refractivity contribution is 9.08. The van der Waals surface area contributed by atoms with Gasteiger partial charge < -0.3 is 0 Å². The zero-order valence-electron chi connectivity index (χ0n) is 6.49. The Morgan fingerprint density at radius 2 is 2.08 bits per heavy atom. The topological polar surface area (TPSA) is 0 Å². The van der Waals surface area contributed by atoms with Crippen molar-refractivity contribution in [1.82, 2.24) is 0 Å². The number of hydrogen-bond donors (Lipinski definition) is 0. The Morgan fingerprint density at radius 3 is 2.67 bits per heavy atom. The van der Waals surface area contributed by atoms with Crippen LogP contribution in [0.1, 0.15) is 11.1 Å². The van der Waals surface area contributed by atoms with Crippen LogP contribution in [-0.4, -0.2) is 5.88 Å². The van der Waals surface area contributed by atoms with Gasteiger partial charge in [0.05, 0.1) is 0 Å². The van der Waals surface area contributed by atoms with Crippen molar-refractivity contribution in [2.24, 2.45) is 0 Å². The summed E-state index contributed by atoms with van der Waals surface area (Å²) in [6.07, 6.45) is 0.902. The summed E-state index contributed by atoms with van der Waals surface area (Å²) in [5.74, 6) is 0.656. The van der Waals surface area contributed by atoms with E-state index >= 15 is 0 Å². The lowest BCUT2D eigenvalue weighted by Gasteiger charge is -2.03. The number of hydrogen-bond acceptors (Lipinski definition) is 0. The molecular formula is C9H9BrCl2. The van der Waals surface area contributed by atoms with Crippen LogP contribution in [0.3, 0.4) is 0 Å². The fourth-order valence-electron chi connectivity index (χ4n) is 0.995. The summed E-state index contributed by atoms with van der Waals surface area (Å²) in [4.78, 5) is 0. The van der Waals surface area contributed by atoms with Crippen LogP contribution in [0.5, 0.6) is 0 Å². The van der Waals surface area contributed by atoms with Crippen LogP contribution in [0.25, 0.3) is 0 Å². The Labute approximate surface area is 91.0 Å². The molecule has 0 aliphatic rings. The van der Waals surface area contributed by atoms with Crippen LogP contribution < -0.4 is 0 Å². The molecule has 0 aromatic heterocycles. The second kappa shape index (κ2) is 5.11. The molecule has 66 valence electrons. The molecule has 0 aliphatic heterocycles. The molecule has 1 aromatic carbocycles. The molecule has 0 aliphatic carbocycles. The second-order valence-electron chi connectivity index (χ2n) is 2.50. The van der Waals surface area contributed by atoms with Gasteiger partial charge in [0.2, 0.25) is 0 Å². The molecule has 0 N–H and O–H groups in total. The Hall–Kier alpha value is 0.280. The molecule has 0 fully saturated rings. The third-order valence-corrected chi connectivity index (χ3v) is 2.80. The fourth-order valence-corrected chi connectivity index (χ4v) is 2.02. The maximum absolute atomic E-state index is 5.93. The molecule has 0 bridgehead atoms. The first-order valence-electron chi connectivity index (χ1n) is 3.67. The predicted molar refractivity (Wildman–Crippen MR) is 58.5 cm³/mol. The van der Waals surface area contributed by atoms with E-state index in [-0.39, 0.29) is 0 Å². The van der Waals surface area contributed by atoms with Crippen LogP contribution in [0.15, 0.2) is 18.2 Å². The molecular weight excluding hydrogens is 259 g/mol. The normalized spacial score (nSPS) is 10.2. The van der Waals surface area contributed by atoms with E-state index in [1.807, 2.05) is 12.1 Å². The first-order chi connectivity index (χ1) is 5.77. The summed E-state index contributed by atoms with van der Waals surface area (Å²) in [7, 11) is 0. The summed E-state index contributed by atoms with van der Waals surface area (Å²) in [5, 5.41) is 1.60. The van der Waals surface area contributed by atoms with Crippen LogP contribution in [0.4, 0.5) is 0 Å². The van der Waals surface area contributed by atoms with Gasteiger partial charge in [0, 0.05) is 16.2 Å². The van der Waals surface area contributed by atoms with Gasteiger partial charge in [0.25, 0.3) is 0 Å². The molecule has 0 amide bonds. The van der Waals surface area contributed by atoms with E-state index in [0.29, 0.717) is 5.88 Å². The zero-order valence-corrected chi connectivity index (χ0v) is 9.59. The summed E-state index contributed by atoms with van der Waals surface area (Å²) >= 11 is 14.9. The zero-order chi connectivity index (χ0) is 8.97. The molecule has 0 radical (unpaired) electrons. The van der Waals surface area contributed by atoms with Gasteiger partial charge in [-0.15, -0.1) is 11.6 Å². The van der Waals surface area contributed by atoms with E-state index in [4.69, 9.17) is 23.2 Å². The number of rotatable bonds is 3. The molecule has 0 heterocycles. The van der Waals surface area contributed by atoms with Gasteiger partial charge in [-0.05, 0) is 23.6 Å². The molecule has 1 aromatic rings. The quantitative estimate of drug-likeness (QED) is 0.726. The van der Waals surface area contributed by atoms with Gasteiger partial charge in [-0.2, -0.15) is 0 Å². The third-order valence-electron chi connectivity index (χ3n) is 1.64. The smallest absolute Gasteiger partial charge is 0.0446 e. The standard InChI is InChI=1S/C9H9BrCl2/c10-6-8-5-7(3-4-11)1-2-9(8)12/h1-2,5H,3-4,6H2. The number of benzene rings is 1. The van der Waals surface area contributed by atoms with Gasteiger partial charge >= 0.3 is 0 Å². The number of alkyl halides is 2. The van der Waals surface area contributed by atoms with Gasteiger partial charge in [-0.25, -0.2) is 0 Å². The minimum atomic E-state index is 0.656. The Morgan fingerprint density at radius 1 is 1.33 bits per heavy atom. The first-order valence-corrected chi connectivity index (χ1v) is 5.70. The molecule has 12 heavy (non-hydrogen) atoms. The largest absolute Gasteiger partial charge is 0.126 e. The van der Waals surface area contributed by atoms with E-state index < -0.39 is 0 Å². The van der Waals surface area contributed by atoms with Gasteiger partial charge in [-0.1, -0.05) is 39.7 Å². The van der Waals surface area contributed by atoms with Gasteiger partial charge in [-0.3, -0.25) is 0 Å². The first kappa shape index (κ1) is 10.4. The maximum atomic E-state index is 5.93. The van der Waals surface area contributed by atoms with Crippen LogP contribution >= 0.6 is 39.1 Å². The molecule has 0 saturated heterocycles. The lowest BCUT2D eigenvalue weighted by Crippen LogP contribution is -1.88. The van der Waals surface area contributed by atoms with Gasteiger partial charge in [0.1, 0.15) is 0 Å². The average Bonchev–Trinajstić information content (AvgIpc) is 2.09. The van der Waals surface area contributed by atoms with Crippen molar-refractivity contribution in [2.75, 3.05) is 5.88 Å². The molecule has 0 nitrogen and oxygen atoms in total. The summed E-state index contributed by atoms with van der Waals surface area (Å²) < 4.78 is 0. The van der Waals surface area contributed by atoms with E-state index in [2.05, 4.69) is 22.0 Å². The number of aryl methyl sites for hydroxylation is 1. The van der Waals surface area contributed by atoms with E-state index in [1.54, 1.807) is 0 Å². The van der Waals surface area contributed by atoms with Crippen molar-refractivity contribution in [3.63, 3.8) is 0 Å². The summed E-state index contributed by atoms with van der Waals surface area (Å²) in [6, 6.07) is 6.01. The lowest BCUT2D eigenvalue weighted by atomic mass is 10.1. The molecule has 0 saturated carbocycles. The molecule has 0 atom stereocenters. The minimum absolute atomic E-state index is 0.656. The Kier molecular flexibility index (Phi) is 4.41. The van der Waals surface area contributed by atoms with Crippen molar-refractivity contribution < 1.29 is 0 Å². The van der Waals surface area contributed by atoms with Gasteiger partial charge in [0.15, 0.2) is 0 Å². The molecule has 3 heteroatoms. The summed E-state index contributed by atoms with van der Waals surface area (Å²) in [6.45, 7) is 0. The highest BCUT2D eigenvalue weighted by Crippen LogP contribution is 2.20. The van der Waals surface area contributed by atoms with Crippen molar-refractivity contribution in [3.8, 4) is 0 Å². The highest BCUT2D eigenvalue weighted by atomic mass is 79.9. The maximum Gasteiger partial charge on any atom is 0.0446 e. The van der Waals surface area contributed by atoms with Crippen molar-refractivity contribution in [2.45, 2.75) is 11.8 Å². The second-order valence-corrected chi connectivity index (χ2v) is 3.84. The fraction of sp³-hybridized carbons (Fsp3) is 0.333. The molecule has 0 unspecified atom stereocenters. The SMILES string of the molecule is ClCCc1ccc(Cl)c(CBr)c1. The summed E-state index contributed by atoms with van der Waals surface area (Å²) in [5.41, 5.74) is 2.36. The van der Waals surface area contributed by atoms with Crippen molar-refractivity contribution in [3.05, 3.63) is 34.3 Å². The van der Waals surface area contributed by atoms with Crippen LogP contribution in [-0.2, 0) is 11.8 Å². The minimum Gasteiger partial charge on any atom is -0.126 e. The Balaban J connectivity index is 2.89. The van der Waals surface area contributed by atoms with Crippen molar-refractivity contribution >= 4 is 39.1 Å². The van der Waals surface area contributed by atoms with E-state index in [1.165, 1.54) is 5.56 Å². The lowest BCUT2D eigenvalue weighted by molar-refractivity contribution is 1.14. The molecule has 0 spiro atoms. The highest BCUT2D eigenvalue weighted by Gasteiger charge is 1.99. The third kappa shape index (κ3) is 2.65. The average molecular weight is 268 g/mol. The van der Waals surface area contributed by atoms with E-state index in [0.717, 1.165) is 22.3 Å². The molecule has 1 rings (SSSR count). The van der Waals surface area contributed by atoms with Crippen molar-refractivity contribution in [1.29, 1.82) is 0 Å². The van der Waals surface area contributed by atoms with E-state index in [9.17, 15) is 0 Å². The van der Waals surface area contributed by atoms with Crippen LogP contribution in [0.2, 0.25) is 5.02 Å².